The lowest BCUT2D eigenvalue weighted by atomic mass is 10.1. The summed E-state index contributed by atoms with van der Waals surface area (Å²) in [4.78, 5) is 31.8. The van der Waals surface area contributed by atoms with E-state index < -0.39 is 0 Å². The van der Waals surface area contributed by atoms with Crippen LogP contribution in [0.1, 0.15) is 46.5 Å². The number of imidazole rings is 1. The average molecular weight is 403 g/mol. The summed E-state index contributed by atoms with van der Waals surface area (Å²) >= 11 is 0. The number of hydrogen-bond acceptors (Lipinski definition) is 4. The molecule has 1 heterocycles. The van der Waals surface area contributed by atoms with Gasteiger partial charge in [-0.3, -0.25) is 9.59 Å². The Kier molecular flexibility index (Phi) is 8.20. The molecule has 160 valence electrons. The molecule has 7 heteroatoms. The van der Waals surface area contributed by atoms with Gasteiger partial charge in [0.15, 0.2) is 0 Å². The maximum absolute atomic E-state index is 13.2. The number of nitrogens with one attached hydrogen (secondary N) is 1. The Morgan fingerprint density at radius 3 is 2.31 bits per heavy atom. The van der Waals surface area contributed by atoms with Crippen molar-refractivity contribution in [1.82, 2.24) is 19.8 Å². The van der Waals surface area contributed by atoms with Gasteiger partial charge in [0.05, 0.1) is 17.1 Å². The fourth-order valence-electron chi connectivity index (χ4n) is 3.46. The molecule has 0 bridgehead atoms. The molecule has 0 aliphatic carbocycles. The fraction of sp³-hybridized carbons (Fsp3) is 0.591. The van der Waals surface area contributed by atoms with Crippen LogP contribution in [0.15, 0.2) is 24.3 Å². The number of para-hydroxylation sites is 2. The highest BCUT2D eigenvalue weighted by Gasteiger charge is 2.23. The number of methoxy groups -OCH3 is 1. The van der Waals surface area contributed by atoms with Crippen molar-refractivity contribution in [1.29, 1.82) is 0 Å². The van der Waals surface area contributed by atoms with Crippen molar-refractivity contribution in [2.24, 2.45) is 11.8 Å². The van der Waals surface area contributed by atoms with E-state index in [1.807, 2.05) is 40.7 Å². The molecule has 2 amide bonds. The number of benzene rings is 1. The second-order valence-electron chi connectivity index (χ2n) is 8.35. The summed E-state index contributed by atoms with van der Waals surface area (Å²) in [6.07, 6.45) is 0. The van der Waals surface area contributed by atoms with Crippen molar-refractivity contribution in [3.8, 4) is 0 Å². The standard InChI is InChI=1S/C22H34N4O3/c1-15(2)11-25(12-16(3)4)21(28)13-26-19-10-8-7-9-18(19)24-22(26)17(5)23-20(27)14-29-6/h7-10,15-17H,11-14H2,1-6H3,(H,23,27). The smallest absolute Gasteiger partial charge is 0.246 e. The quantitative estimate of drug-likeness (QED) is 0.663. The van der Waals surface area contributed by atoms with E-state index in [1.165, 1.54) is 7.11 Å². The van der Waals surface area contributed by atoms with E-state index >= 15 is 0 Å². The molecule has 0 saturated carbocycles. The van der Waals surface area contributed by atoms with E-state index in [1.54, 1.807) is 0 Å². The SMILES string of the molecule is COCC(=O)NC(C)c1nc2ccccc2n1CC(=O)N(CC(C)C)CC(C)C. The zero-order valence-corrected chi connectivity index (χ0v) is 18.4. The number of rotatable bonds is 10. The van der Waals surface area contributed by atoms with Gasteiger partial charge >= 0.3 is 0 Å². The molecule has 0 fully saturated rings. The van der Waals surface area contributed by atoms with E-state index in [9.17, 15) is 9.59 Å². The highest BCUT2D eigenvalue weighted by atomic mass is 16.5. The molecule has 2 rings (SSSR count). The van der Waals surface area contributed by atoms with Gasteiger partial charge in [-0.1, -0.05) is 39.8 Å². The molecule has 1 aromatic heterocycles. The van der Waals surface area contributed by atoms with Crippen LogP contribution in [0.5, 0.6) is 0 Å². The lowest BCUT2D eigenvalue weighted by molar-refractivity contribution is -0.132. The summed E-state index contributed by atoms with van der Waals surface area (Å²) in [6, 6.07) is 7.38. The summed E-state index contributed by atoms with van der Waals surface area (Å²) in [6.45, 7) is 12.0. The first-order valence-electron chi connectivity index (χ1n) is 10.2. The maximum Gasteiger partial charge on any atom is 0.246 e. The number of aromatic nitrogens is 2. The van der Waals surface area contributed by atoms with Crippen LogP contribution in [0.4, 0.5) is 0 Å². The van der Waals surface area contributed by atoms with Crippen LogP contribution in [0, 0.1) is 11.8 Å². The number of fused-ring (bicyclic) bond motifs is 1. The summed E-state index contributed by atoms with van der Waals surface area (Å²) in [5, 5.41) is 2.89. The van der Waals surface area contributed by atoms with Gasteiger partial charge in [-0.25, -0.2) is 4.98 Å². The van der Waals surface area contributed by atoms with Gasteiger partial charge in [0.25, 0.3) is 0 Å². The fourth-order valence-corrected chi connectivity index (χ4v) is 3.46. The minimum Gasteiger partial charge on any atom is -0.375 e. The summed E-state index contributed by atoms with van der Waals surface area (Å²) in [5.74, 6) is 1.30. The number of hydrogen-bond donors (Lipinski definition) is 1. The molecule has 1 unspecified atom stereocenters. The third kappa shape index (κ3) is 6.29. The number of ether oxygens (including phenoxy) is 1. The Hall–Kier alpha value is -2.41. The highest BCUT2D eigenvalue weighted by molar-refractivity contribution is 5.82. The van der Waals surface area contributed by atoms with Crippen LogP contribution in [0.2, 0.25) is 0 Å². The third-order valence-electron chi connectivity index (χ3n) is 4.54. The second-order valence-corrected chi connectivity index (χ2v) is 8.35. The van der Waals surface area contributed by atoms with Crippen molar-refractivity contribution >= 4 is 22.8 Å². The third-order valence-corrected chi connectivity index (χ3v) is 4.54. The van der Waals surface area contributed by atoms with E-state index in [4.69, 9.17) is 9.72 Å². The molecular weight excluding hydrogens is 368 g/mol. The van der Waals surface area contributed by atoms with Gasteiger partial charge in [0.1, 0.15) is 19.0 Å². The lowest BCUT2D eigenvalue weighted by Gasteiger charge is -2.27. The Labute approximate surface area is 173 Å². The van der Waals surface area contributed by atoms with E-state index in [-0.39, 0.29) is 31.0 Å². The first-order chi connectivity index (χ1) is 13.7. The van der Waals surface area contributed by atoms with Crippen LogP contribution in [-0.4, -0.2) is 53.1 Å². The minimum absolute atomic E-state index is 0.0138. The van der Waals surface area contributed by atoms with E-state index in [2.05, 4.69) is 33.0 Å². The van der Waals surface area contributed by atoms with E-state index in [0.29, 0.717) is 17.7 Å². The Balaban J connectivity index is 2.34. The average Bonchev–Trinajstić information content (AvgIpc) is 2.99. The monoisotopic (exact) mass is 402 g/mol. The molecule has 0 aliphatic rings. The molecule has 0 saturated heterocycles. The molecule has 0 aliphatic heterocycles. The molecule has 1 N–H and O–H groups in total. The van der Waals surface area contributed by atoms with Crippen molar-refractivity contribution in [3.63, 3.8) is 0 Å². The van der Waals surface area contributed by atoms with Gasteiger partial charge in [0, 0.05) is 20.2 Å². The largest absolute Gasteiger partial charge is 0.375 e. The van der Waals surface area contributed by atoms with Crippen molar-refractivity contribution < 1.29 is 14.3 Å². The summed E-state index contributed by atoms with van der Waals surface area (Å²) in [7, 11) is 1.48. The van der Waals surface area contributed by atoms with Crippen LogP contribution in [0.3, 0.4) is 0 Å². The Morgan fingerprint density at radius 1 is 1.10 bits per heavy atom. The maximum atomic E-state index is 13.2. The predicted octanol–water partition coefficient (Wildman–Crippen LogP) is 3.00. The van der Waals surface area contributed by atoms with Gasteiger partial charge in [0.2, 0.25) is 11.8 Å². The highest BCUT2D eigenvalue weighted by Crippen LogP contribution is 2.21. The van der Waals surface area contributed by atoms with Gasteiger partial charge in [-0.15, -0.1) is 0 Å². The van der Waals surface area contributed by atoms with Crippen molar-refractivity contribution in [3.05, 3.63) is 30.1 Å². The number of carbonyl (C=O) groups is 2. The lowest BCUT2D eigenvalue weighted by Crippen LogP contribution is -2.39. The molecule has 0 radical (unpaired) electrons. The summed E-state index contributed by atoms with van der Waals surface area (Å²) < 4.78 is 6.82. The van der Waals surface area contributed by atoms with Crippen LogP contribution < -0.4 is 5.32 Å². The van der Waals surface area contributed by atoms with Gasteiger partial charge in [-0.05, 0) is 30.9 Å². The first-order valence-corrected chi connectivity index (χ1v) is 10.2. The van der Waals surface area contributed by atoms with Crippen molar-refractivity contribution in [2.75, 3.05) is 26.8 Å². The summed E-state index contributed by atoms with van der Waals surface area (Å²) in [5.41, 5.74) is 1.69. The molecule has 1 aromatic carbocycles. The van der Waals surface area contributed by atoms with Crippen LogP contribution in [-0.2, 0) is 20.9 Å². The number of nitrogens with zero attached hydrogens (tertiary/aromatic N) is 3. The van der Waals surface area contributed by atoms with Gasteiger partial charge < -0.3 is 19.5 Å². The van der Waals surface area contributed by atoms with Gasteiger partial charge in [-0.2, -0.15) is 0 Å². The molecular formula is C22H34N4O3. The van der Waals surface area contributed by atoms with Crippen LogP contribution in [0.25, 0.3) is 11.0 Å². The molecule has 0 spiro atoms. The van der Waals surface area contributed by atoms with Crippen molar-refractivity contribution in [2.45, 2.75) is 47.2 Å². The Morgan fingerprint density at radius 2 is 1.72 bits per heavy atom. The predicted molar refractivity (Wildman–Crippen MR) is 114 cm³/mol. The zero-order valence-electron chi connectivity index (χ0n) is 18.4. The number of amides is 2. The first kappa shape index (κ1) is 22.9. The van der Waals surface area contributed by atoms with Crippen LogP contribution >= 0.6 is 0 Å². The second kappa shape index (κ2) is 10.4. The number of carbonyl (C=O) groups excluding carboxylic acids is 2. The van der Waals surface area contributed by atoms with E-state index in [0.717, 1.165) is 24.1 Å². The molecule has 29 heavy (non-hydrogen) atoms. The topological polar surface area (TPSA) is 76.5 Å². The zero-order chi connectivity index (χ0) is 21.6. The normalized spacial score (nSPS) is 12.6. The Bertz CT molecular complexity index is 819. The molecule has 7 nitrogen and oxygen atoms in total. The molecule has 1 atom stereocenters. The minimum atomic E-state index is -0.346. The molecule has 2 aromatic rings.